The number of aromatic nitrogens is 2. The van der Waals surface area contributed by atoms with Gasteiger partial charge in [-0.3, -0.25) is 9.59 Å². The predicted octanol–water partition coefficient (Wildman–Crippen LogP) is 4.48. The Labute approximate surface area is 218 Å². The van der Waals surface area contributed by atoms with Gasteiger partial charge in [0.25, 0.3) is 5.91 Å². The molecule has 36 heavy (non-hydrogen) atoms. The van der Waals surface area contributed by atoms with Crippen LogP contribution in [0.4, 0.5) is 5.13 Å². The van der Waals surface area contributed by atoms with Crippen LogP contribution in [-0.4, -0.2) is 59.0 Å². The summed E-state index contributed by atoms with van der Waals surface area (Å²) >= 11 is 3.37. The molecule has 0 radical (unpaired) electrons. The maximum Gasteiger partial charge on any atom is 0.270 e. The Bertz CT molecular complexity index is 1330. The second kappa shape index (κ2) is 11.3. The fourth-order valence-corrected chi connectivity index (χ4v) is 5.93. The van der Waals surface area contributed by atoms with Crippen molar-refractivity contribution >= 4 is 61.2 Å². The van der Waals surface area contributed by atoms with Crippen molar-refractivity contribution in [1.82, 2.24) is 20.6 Å². The number of carbonyl (C=O) groups is 2. The summed E-state index contributed by atoms with van der Waals surface area (Å²) in [5, 5.41) is 8.12. The van der Waals surface area contributed by atoms with E-state index < -0.39 is 6.04 Å². The van der Waals surface area contributed by atoms with Gasteiger partial charge in [-0.25, -0.2) is 9.97 Å². The molecule has 1 atom stereocenters. The molecule has 0 bridgehead atoms. The highest BCUT2D eigenvalue weighted by Gasteiger charge is 2.27. The van der Waals surface area contributed by atoms with Crippen molar-refractivity contribution in [3.05, 3.63) is 66.4 Å². The van der Waals surface area contributed by atoms with Gasteiger partial charge in [0.2, 0.25) is 5.91 Å². The predicted molar refractivity (Wildman–Crippen MR) is 149 cm³/mol. The topological polar surface area (TPSA) is 87.2 Å². The normalized spacial score (nSPS) is 15.2. The van der Waals surface area contributed by atoms with E-state index in [1.54, 1.807) is 29.2 Å². The molecule has 0 saturated carbocycles. The fraction of sp³-hybridized carbons (Fsp3) is 0.333. The Morgan fingerprint density at radius 3 is 2.56 bits per heavy atom. The maximum atomic E-state index is 13.2. The highest BCUT2D eigenvalue weighted by atomic mass is 32.2. The molecule has 2 amide bonds. The average molecular weight is 520 g/mol. The van der Waals surface area contributed by atoms with E-state index in [0.29, 0.717) is 12.1 Å². The third-order valence-electron chi connectivity index (χ3n) is 6.46. The third-order valence-corrected chi connectivity index (χ3v) is 8.20. The summed E-state index contributed by atoms with van der Waals surface area (Å²) in [7, 11) is 0. The number of benzene rings is 2. The largest absolute Gasteiger partial charge is 0.351 e. The molecule has 7 nitrogen and oxygen atoms in total. The molecule has 3 heterocycles. The van der Waals surface area contributed by atoms with Crippen LogP contribution in [0.25, 0.3) is 21.1 Å². The zero-order chi connectivity index (χ0) is 24.9. The van der Waals surface area contributed by atoms with Crippen LogP contribution in [0.3, 0.4) is 0 Å². The Hall–Kier alpha value is -3.17. The van der Waals surface area contributed by atoms with Crippen molar-refractivity contribution in [1.29, 1.82) is 0 Å². The second-order valence-electron chi connectivity index (χ2n) is 8.93. The Balaban J connectivity index is 1.19. The molecule has 0 spiro atoms. The molecule has 1 saturated heterocycles. The van der Waals surface area contributed by atoms with Gasteiger partial charge in [0.05, 0.1) is 15.7 Å². The van der Waals surface area contributed by atoms with E-state index in [1.807, 2.05) is 54.8 Å². The number of thiazole rings is 1. The van der Waals surface area contributed by atoms with Gasteiger partial charge in [-0.2, -0.15) is 11.8 Å². The minimum atomic E-state index is -0.597. The summed E-state index contributed by atoms with van der Waals surface area (Å²) < 4.78 is 1.19. The lowest BCUT2D eigenvalue weighted by Crippen LogP contribution is -2.52. The van der Waals surface area contributed by atoms with Crippen LogP contribution in [0.1, 0.15) is 29.8 Å². The monoisotopic (exact) mass is 519 g/mol. The van der Waals surface area contributed by atoms with E-state index in [2.05, 4.69) is 26.6 Å². The lowest BCUT2D eigenvalue weighted by molar-refractivity contribution is -0.123. The highest BCUT2D eigenvalue weighted by Crippen LogP contribution is 2.30. The molecule has 186 valence electrons. The average Bonchev–Trinajstić information content (AvgIpc) is 3.35. The number of carbonyl (C=O) groups excluding carboxylic acids is 2. The maximum absolute atomic E-state index is 13.2. The van der Waals surface area contributed by atoms with E-state index in [4.69, 9.17) is 4.98 Å². The standard InChI is InChI=1S/C27H29N5O2S2/c1-35-17-14-23(30-26(34)22-11-10-18-6-2-3-7-20(18)29-22)25(33)28-19-12-15-32(16-13-19)27-31-21-8-4-5-9-24(21)36-27/h2-11,19,23H,12-17H2,1H3,(H,28,33)(H,30,34). The van der Waals surface area contributed by atoms with Crippen molar-refractivity contribution in [3.63, 3.8) is 0 Å². The lowest BCUT2D eigenvalue weighted by Gasteiger charge is -2.33. The van der Waals surface area contributed by atoms with Gasteiger partial charge in [-0.05, 0) is 55.5 Å². The number of nitrogens with one attached hydrogen (secondary N) is 2. The molecule has 2 aromatic heterocycles. The smallest absolute Gasteiger partial charge is 0.270 e. The van der Waals surface area contributed by atoms with Crippen LogP contribution in [0, 0.1) is 0 Å². The Kier molecular flexibility index (Phi) is 7.67. The number of hydrogen-bond acceptors (Lipinski definition) is 7. The van der Waals surface area contributed by atoms with Crippen LogP contribution >= 0.6 is 23.1 Å². The fourth-order valence-electron chi connectivity index (χ4n) is 4.44. The minimum absolute atomic E-state index is 0.0793. The lowest BCUT2D eigenvalue weighted by atomic mass is 10.0. The van der Waals surface area contributed by atoms with Gasteiger partial charge in [-0.15, -0.1) is 0 Å². The van der Waals surface area contributed by atoms with Crippen molar-refractivity contribution in [2.24, 2.45) is 0 Å². The number of thioether (sulfide) groups is 1. The molecule has 5 rings (SSSR count). The van der Waals surface area contributed by atoms with Crippen molar-refractivity contribution < 1.29 is 9.59 Å². The van der Waals surface area contributed by atoms with Gasteiger partial charge in [0, 0.05) is 24.5 Å². The number of pyridine rings is 1. The molecule has 1 fully saturated rings. The van der Waals surface area contributed by atoms with Gasteiger partial charge >= 0.3 is 0 Å². The third kappa shape index (κ3) is 5.63. The van der Waals surface area contributed by atoms with Crippen LogP contribution in [-0.2, 0) is 4.79 Å². The van der Waals surface area contributed by atoms with Crippen molar-refractivity contribution in [3.8, 4) is 0 Å². The summed E-state index contributed by atoms with van der Waals surface area (Å²) in [6, 6.07) is 18.9. The van der Waals surface area contributed by atoms with Gasteiger partial charge in [0.15, 0.2) is 5.13 Å². The van der Waals surface area contributed by atoms with Crippen LogP contribution < -0.4 is 15.5 Å². The molecule has 4 aromatic rings. The van der Waals surface area contributed by atoms with Crippen molar-refractivity contribution in [2.45, 2.75) is 31.3 Å². The number of fused-ring (bicyclic) bond motifs is 2. The molecule has 1 unspecified atom stereocenters. The first-order chi connectivity index (χ1) is 17.6. The quantitative estimate of drug-likeness (QED) is 0.357. The van der Waals surface area contributed by atoms with Crippen LogP contribution in [0.2, 0.25) is 0 Å². The van der Waals surface area contributed by atoms with Crippen molar-refractivity contribution in [2.75, 3.05) is 30.0 Å². The van der Waals surface area contributed by atoms with Crippen LogP contribution in [0.5, 0.6) is 0 Å². The first-order valence-electron chi connectivity index (χ1n) is 12.2. The summed E-state index contributed by atoms with van der Waals surface area (Å²) in [5.41, 5.74) is 2.11. The molecule has 1 aliphatic heterocycles. The van der Waals surface area contributed by atoms with E-state index in [-0.39, 0.29) is 17.9 Å². The summed E-state index contributed by atoms with van der Waals surface area (Å²) in [6.45, 7) is 1.68. The first-order valence-corrected chi connectivity index (χ1v) is 14.4. The number of para-hydroxylation sites is 2. The number of amides is 2. The SMILES string of the molecule is CSCCC(NC(=O)c1ccc2ccccc2n1)C(=O)NC1CCN(c2nc3ccccc3s2)CC1. The molecule has 2 aromatic carbocycles. The number of piperidine rings is 1. The number of nitrogens with zero attached hydrogens (tertiary/aromatic N) is 3. The summed E-state index contributed by atoms with van der Waals surface area (Å²) in [4.78, 5) is 37.7. The first kappa shape index (κ1) is 24.5. The van der Waals surface area contributed by atoms with Gasteiger partial charge in [-0.1, -0.05) is 47.7 Å². The second-order valence-corrected chi connectivity index (χ2v) is 10.9. The summed E-state index contributed by atoms with van der Waals surface area (Å²) in [6.07, 6.45) is 4.25. The van der Waals surface area contributed by atoms with Gasteiger partial charge < -0.3 is 15.5 Å². The molecular weight excluding hydrogens is 490 g/mol. The van der Waals surface area contributed by atoms with Crippen LogP contribution in [0.15, 0.2) is 60.7 Å². The molecule has 2 N–H and O–H groups in total. The minimum Gasteiger partial charge on any atom is -0.351 e. The Morgan fingerprint density at radius 1 is 1.03 bits per heavy atom. The zero-order valence-electron chi connectivity index (χ0n) is 20.1. The molecule has 0 aliphatic carbocycles. The van der Waals surface area contributed by atoms with E-state index in [0.717, 1.165) is 53.2 Å². The van der Waals surface area contributed by atoms with Gasteiger partial charge in [0.1, 0.15) is 11.7 Å². The molecule has 9 heteroatoms. The van der Waals surface area contributed by atoms with E-state index >= 15 is 0 Å². The van der Waals surface area contributed by atoms with E-state index in [9.17, 15) is 9.59 Å². The summed E-state index contributed by atoms with van der Waals surface area (Å²) in [5.74, 6) is 0.323. The number of hydrogen-bond donors (Lipinski definition) is 2. The molecule has 1 aliphatic rings. The molecular formula is C27H29N5O2S2. The number of anilines is 1. The Morgan fingerprint density at radius 2 is 1.78 bits per heavy atom. The zero-order valence-corrected chi connectivity index (χ0v) is 21.8. The highest BCUT2D eigenvalue weighted by molar-refractivity contribution is 7.98. The number of rotatable bonds is 8. The van der Waals surface area contributed by atoms with E-state index in [1.165, 1.54) is 4.70 Å².